The second-order valence-electron chi connectivity index (χ2n) is 21.0. The van der Waals surface area contributed by atoms with Gasteiger partial charge in [0.05, 0.1) is 50.8 Å². The third-order valence-electron chi connectivity index (χ3n) is 15.1. The van der Waals surface area contributed by atoms with Crippen molar-refractivity contribution in [2.75, 3.05) is 9.80 Å². The number of fused-ring (bicyclic) bond motifs is 13. The van der Waals surface area contributed by atoms with Gasteiger partial charge >= 0.3 is 0 Å². The summed E-state index contributed by atoms with van der Waals surface area (Å²) in [7, 11) is 0. The molecule has 0 fully saturated rings. The second kappa shape index (κ2) is 13.1. The molecule has 0 saturated carbocycles. The van der Waals surface area contributed by atoms with Crippen LogP contribution >= 0.6 is 0 Å². The lowest BCUT2D eigenvalue weighted by molar-refractivity contribution is 0.590. The molecule has 3 aliphatic heterocycles. The first kappa shape index (κ1) is 38.3. The van der Waals surface area contributed by atoms with E-state index < -0.39 is 0 Å². The van der Waals surface area contributed by atoms with Crippen LogP contribution in [0.1, 0.15) is 58.2 Å². The Kier molecular flexibility index (Phi) is 7.48. The number of rotatable bonds is 2. The Morgan fingerprint density at radius 1 is 0.433 bits per heavy atom. The molecule has 0 radical (unpaired) electrons. The number of hydrogen-bond acceptors (Lipinski definition) is 3. The Balaban J connectivity index is 1.09. The minimum Gasteiger partial charge on any atom is -0.311 e. The van der Waals surface area contributed by atoms with Crippen molar-refractivity contribution in [3.63, 3.8) is 0 Å². The molecule has 0 spiro atoms. The van der Waals surface area contributed by atoms with Crippen LogP contribution < -0.4 is 26.2 Å². The van der Waals surface area contributed by atoms with Gasteiger partial charge in [-0.1, -0.05) is 133 Å². The molecule has 14 rings (SSSR count). The molecule has 9 aromatic carbocycles. The van der Waals surface area contributed by atoms with Crippen molar-refractivity contribution < 1.29 is 0 Å². The molecule has 2 aromatic heterocycles. The van der Waals surface area contributed by atoms with Crippen LogP contribution in [0, 0.1) is 11.3 Å². The second-order valence-corrected chi connectivity index (χ2v) is 21.0. The molecule has 11 aromatic rings. The Bertz CT molecular complexity index is 3980. The van der Waals surface area contributed by atoms with Gasteiger partial charge < -0.3 is 18.9 Å². The molecule has 67 heavy (non-hydrogen) atoms. The van der Waals surface area contributed by atoms with Gasteiger partial charge in [0.25, 0.3) is 6.71 Å². The molecule has 3 aliphatic rings. The lowest BCUT2D eigenvalue weighted by Crippen LogP contribution is -2.61. The van der Waals surface area contributed by atoms with Crippen molar-refractivity contribution in [2.24, 2.45) is 0 Å². The molecule has 6 heteroatoms. The average Bonchev–Trinajstić information content (AvgIpc) is 3.85. The van der Waals surface area contributed by atoms with Gasteiger partial charge in [-0.05, 0) is 128 Å². The van der Waals surface area contributed by atoms with Crippen LogP contribution in [0.5, 0.6) is 0 Å². The number of benzene rings is 9. The molecular formula is C61H46BN5. The van der Waals surface area contributed by atoms with E-state index in [-0.39, 0.29) is 17.5 Å². The van der Waals surface area contributed by atoms with Gasteiger partial charge in [-0.3, -0.25) is 0 Å². The molecular weight excluding hydrogens is 814 g/mol. The van der Waals surface area contributed by atoms with E-state index in [4.69, 9.17) is 0 Å². The number of nitriles is 1. The van der Waals surface area contributed by atoms with Crippen molar-refractivity contribution in [2.45, 2.75) is 52.4 Å². The van der Waals surface area contributed by atoms with Gasteiger partial charge in [0.2, 0.25) is 0 Å². The molecule has 318 valence electrons. The zero-order valence-electron chi connectivity index (χ0n) is 38.5. The van der Waals surface area contributed by atoms with Crippen LogP contribution in [-0.2, 0) is 10.8 Å². The maximum Gasteiger partial charge on any atom is 0.252 e. The summed E-state index contributed by atoms with van der Waals surface area (Å²) in [5.74, 6) is 0. The predicted octanol–water partition coefficient (Wildman–Crippen LogP) is 13.9. The predicted molar refractivity (Wildman–Crippen MR) is 282 cm³/mol. The fourth-order valence-electron chi connectivity index (χ4n) is 11.9. The highest BCUT2D eigenvalue weighted by atomic mass is 15.2. The van der Waals surface area contributed by atoms with E-state index in [1.807, 2.05) is 0 Å². The van der Waals surface area contributed by atoms with E-state index >= 15 is 0 Å². The third kappa shape index (κ3) is 5.15. The molecule has 0 unspecified atom stereocenters. The Hall–Kier alpha value is -8.01. The normalized spacial score (nSPS) is 13.7. The topological polar surface area (TPSA) is 40.1 Å². The highest BCUT2D eigenvalue weighted by Crippen LogP contribution is 2.53. The van der Waals surface area contributed by atoms with Crippen molar-refractivity contribution in [3.05, 3.63) is 187 Å². The lowest BCUT2D eigenvalue weighted by Gasteiger charge is -2.46. The van der Waals surface area contributed by atoms with E-state index in [1.165, 1.54) is 87.6 Å². The molecule has 0 aliphatic carbocycles. The van der Waals surface area contributed by atoms with Crippen LogP contribution in [0.4, 0.5) is 34.1 Å². The SMILES string of the molecule is CC(C)(C)c1ccc2c(c1)c1cc(C(C)(C)C)ccc1n2-c1ccc2c(c1)N(c1ccc3ccccc3c1)c1cc(C#N)cc3c1B2c1cccc2c1N3c1cccc3c4ccccc4n-2c13. The molecule has 0 amide bonds. The van der Waals surface area contributed by atoms with Crippen LogP contribution in [-0.4, -0.2) is 15.8 Å². The number of para-hydroxylation sites is 3. The zero-order valence-corrected chi connectivity index (χ0v) is 38.5. The van der Waals surface area contributed by atoms with Gasteiger partial charge in [-0.25, -0.2) is 0 Å². The van der Waals surface area contributed by atoms with Crippen molar-refractivity contribution >= 4 is 112 Å². The summed E-state index contributed by atoms with van der Waals surface area (Å²) in [5.41, 5.74) is 20.5. The van der Waals surface area contributed by atoms with Gasteiger partial charge in [0, 0.05) is 50.0 Å². The standard InChI is InChI=1S/C61H46BN5/c1-60(2,3)39-22-27-50-45(32-39)46-33-40(61(4,5)6)23-28-51(46)64(50)42-25-26-47-54(34-42)65(41-24-21-37-13-7-8-14-38(37)31-41)55-29-36(35-63)30-56-57(55)62(47)48-17-12-20-53-59(48)67(56)52-19-11-16-44-43-15-9-10-18-49(43)66(53)58(44)52/h7-34H,1-6H3. The molecule has 0 atom stereocenters. The summed E-state index contributed by atoms with van der Waals surface area (Å²) in [6, 6.07) is 65.9. The van der Waals surface area contributed by atoms with Crippen LogP contribution in [0.25, 0.3) is 65.8 Å². The third-order valence-corrected chi connectivity index (χ3v) is 15.1. The minimum absolute atomic E-state index is 0.000309. The molecule has 0 bridgehead atoms. The first-order chi connectivity index (χ1) is 32.5. The summed E-state index contributed by atoms with van der Waals surface area (Å²) < 4.78 is 4.95. The summed E-state index contributed by atoms with van der Waals surface area (Å²) in [4.78, 5) is 4.91. The van der Waals surface area contributed by atoms with E-state index in [1.54, 1.807) is 0 Å². The Morgan fingerprint density at radius 2 is 1.06 bits per heavy atom. The van der Waals surface area contributed by atoms with E-state index in [2.05, 4.69) is 236 Å². The highest BCUT2D eigenvalue weighted by Gasteiger charge is 2.46. The number of hydrogen-bond donors (Lipinski definition) is 0. The van der Waals surface area contributed by atoms with Crippen LogP contribution in [0.15, 0.2) is 170 Å². The average molecular weight is 860 g/mol. The largest absolute Gasteiger partial charge is 0.311 e. The summed E-state index contributed by atoms with van der Waals surface area (Å²) in [6.07, 6.45) is 0. The fourth-order valence-corrected chi connectivity index (χ4v) is 11.9. The van der Waals surface area contributed by atoms with Gasteiger partial charge in [0.1, 0.15) is 0 Å². The van der Waals surface area contributed by atoms with Gasteiger partial charge in [-0.15, -0.1) is 0 Å². The number of nitrogens with zero attached hydrogens (tertiary/aromatic N) is 5. The monoisotopic (exact) mass is 859 g/mol. The summed E-state index contributed by atoms with van der Waals surface area (Å²) >= 11 is 0. The first-order valence-corrected chi connectivity index (χ1v) is 23.5. The van der Waals surface area contributed by atoms with E-state index in [9.17, 15) is 5.26 Å². The first-order valence-electron chi connectivity index (χ1n) is 23.5. The van der Waals surface area contributed by atoms with Gasteiger partial charge in [0.15, 0.2) is 0 Å². The quantitative estimate of drug-likeness (QED) is 0.163. The molecule has 5 heterocycles. The minimum atomic E-state index is -0.103. The van der Waals surface area contributed by atoms with Crippen LogP contribution in [0.3, 0.4) is 0 Å². The molecule has 5 nitrogen and oxygen atoms in total. The number of anilines is 6. The van der Waals surface area contributed by atoms with Crippen molar-refractivity contribution in [3.8, 4) is 17.4 Å². The molecule has 0 N–H and O–H groups in total. The van der Waals surface area contributed by atoms with E-state index in [0.29, 0.717) is 5.56 Å². The van der Waals surface area contributed by atoms with E-state index in [0.717, 1.165) is 39.8 Å². The highest BCUT2D eigenvalue weighted by molar-refractivity contribution is 7.00. The maximum atomic E-state index is 11.0. The fraction of sp³-hybridized carbons (Fsp3) is 0.131. The zero-order chi connectivity index (χ0) is 45.2. The Labute approximate surface area is 390 Å². The van der Waals surface area contributed by atoms with Crippen molar-refractivity contribution in [1.29, 1.82) is 5.26 Å². The lowest BCUT2D eigenvalue weighted by atomic mass is 9.33. The summed E-state index contributed by atoms with van der Waals surface area (Å²) in [6.45, 7) is 13.7. The van der Waals surface area contributed by atoms with Crippen LogP contribution in [0.2, 0.25) is 0 Å². The molecule has 0 saturated heterocycles. The summed E-state index contributed by atoms with van der Waals surface area (Å²) in [5, 5.41) is 18.3. The Morgan fingerprint density at radius 3 is 1.79 bits per heavy atom. The van der Waals surface area contributed by atoms with Gasteiger partial charge in [-0.2, -0.15) is 5.26 Å². The maximum absolute atomic E-state index is 11.0. The smallest absolute Gasteiger partial charge is 0.252 e. The number of aromatic nitrogens is 2. The van der Waals surface area contributed by atoms with Crippen molar-refractivity contribution in [1.82, 2.24) is 9.13 Å².